The number of nitrogens with zero attached hydrogens (tertiary/aromatic N) is 3. The zero-order valence-electron chi connectivity index (χ0n) is 11.0. The van der Waals surface area contributed by atoms with E-state index in [2.05, 4.69) is 10.4 Å². The summed E-state index contributed by atoms with van der Waals surface area (Å²) in [5.74, 6) is 0.481. The zero-order chi connectivity index (χ0) is 12.8. The topological polar surface area (TPSA) is 50.2 Å². The molecule has 0 aromatic carbocycles. The summed E-state index contributed by atoms with van der Waals surface area (Å²) in [5.41, 5.74) is 1.19. The standard InChI is InChI=1S/C13H20N4O/c1-16-9-10(8-15-16)17(2)12(18)11-7-13(11)3-5-14-6-4-13/h8-9,11,14H,3-7H2,1-2H3. The Morgan fingerprint density at radius 1 is 1.56 bits per heavy atom. The first-order valence-corrected chi connectivity index (χ1v) is 6.59. The van der Waals surface area contributed by atoms with Gasteiger partial charge >= 0.3 is 0 Å². The van der Waals surface area contributed by atoms with Gasteiger partial charge < -0.3 is 10.2 Å². The molecule has 3 rings (SSSR count). The number of hydrogen-bond donors (Lipinski definition) is 1. The highest BCUT2D eigenvalue weighted by molar-refractivity contribution is 5.96. The molecule has 18 heavy (non-hydrogen) atoms. The first-order valence-electron chi connectivity index (χ1n) is 6.59. The van der Waals surface area contributed by atoms with Gasteiger partial charge in [-0.2, -0.15) is 5.10 Å². The maximum absolute atomic E-state index is 12.5. The molecular weight excluding hydrogens is 228 g/mol. The normalized spacial score (nSPS) is 25.1. The molecule has 5 nitrogen and oxygen atoms in total. The predicted molar refractivity (Wildman–Crippen MR) is 69.3 cm³/mol. The number of piperidine rings is 1. The second-order valence-corrected chi connectivity index (χ2v) is 5.64. The molecule has 1 aromatic heterocycles. The molecule has 1 amide bonds. The molecule has 98 valence electrons. The molecule has 1 aromatic rings. The number of aromatic nitrogens is 2. The maximum Gasteiger partial charge on any atom is 0.230 e. The summed E-state index contributed by atoms with van der Waals surface area (Å²) >= 11 is 0. The fourth-order valence-electron chi connectivity index (χ4n) is 3.12. The number of nitrogens with one attached hydrogen (secondary N) is 1. The fraction of sp³-hybridized carbons (Fsp3) is 0.692. The van der Waals surface area contributed by atoms with Gasteiger partial charge in [0.1, 0.15) is 0 Å². The van der Waals surface area contributed by atoms with Crippen molar-refractivity contribution in [1.29, 1.82) is 0 Å². The molecule has 1 aliphatic carbocycles. The molecule has 1 atom stereocenters. The van der Waals surface area contributed by atoms with Gasteiger partial charge in [-0.05, 0) is 37.8 Å². The third kappa shape index (κ3) is 1.82. The Balaban J connectivity index is 1.69. The SMILES string of the molecule is CN(C(=O)C1CC12CCNCC2)c1cnn(C)c1. The van der Waals surface area contributed by atoms with Crippen LogP contribution in [0.1, 0.15) is 19.3 Å². The van der Waals surface area contributed by atoms with Crippen LogP contribution in [-0.2, 0) is 11.8 Å². The van der Waals surface area contributed by atoms with E-state index < -0.39 is 0 Å². The van der Waals surface area contributed by atoms with Crippen LogP contribution in [-0.4, -0.2) is 35.8 Å². The monoisotopic (exact) mass is 248 g/mol. The Bertz CT molecular complexity index is 461. The number of rotatable bonds is 2. The molecule has 0 radical (unpaired) electrons. The van der Waals surface area contributed by atoms with Crippen LogP contribution in [0.3, 0.4) is 0 Å². The van der Waals surface area contributed by atoms with Gasteiger partial charge in [0.05, 0.1) is 11.9 Å². The number of hydrogen-bond acceptors (Lipinski definition) is 3. The number of aryl methyl sites for hydroxylation is 1. The van der Waals surface area contributed by atoms with Crippen LogP contribution in [0.4, 0.5) is 5.69 Å². The van der Waals surface area contributed by atoms with Gasteiger partial charge in [0.2, 0.25) is 5.91 Å². The number of carbonyl (C=O) groups excluding carboxylic acids is 1. The Kier molecular flexibility index (Phi) is 2.66. The van der Waals surface area contributed by atoms with Gasteiger partial charge in [0.15, 0.2) is 0 Å². The minimum atomic E-state index is 0.227. The van der Waals surface area contributed by atoms with Gasteiger partial charge in [-0.15, -0.1) is 0 Å². The third-order valence-electron chi connectivity index (χ3n) is 4.50. The molecule has 2 aliphatic rings. The summed E-state index contributed by atoms with van der Waals surface area (Å²) in [5, 5.41) is 7.48. The summed E-state index contributed by atoms with van der Waals surface area (Å²) in [6, 6.07) is 0. The van der Waals surface area contributed by atoms with Crippen molar-refractivity contribution in [2.45, 2.75) is 19.3 Å². The Morgan fingerprint density at radius 3 is 2.89 bits per heavy atom. The molecule has 1 saturated carbocycles. The summed E-state index contributed by atoms with van der Waals surface area (Å²) in [4.78, 5) is 14.2. The molecule has 1 spiro atoms. The van der Waals surface area contributed by atoms with Gasteiger partial charge in [0, 0.05) is 26.2 Å². The van der Waals surface area contributed by atoms with Crippen LogP contribution in [0.2, 0.25) is 0 Å². The minimum Gasteiger partial charge on any atom is -0.317 e. The second kappa shape index (κ2) is 4.09. The van der Waals surface area contributed by atoms with Crippen LogP contribution in [0.15, 0.2) is 12.4 Å². The van der Waals surface area contributed by atoms with Crippen molar-refractivity contribution in [3.8, 4) is 0 Å². The lowest BCUT2D eigenvalue weighted by Gasteiger charge is -2.24. The van der Waals surface area contributed by atoms with Crippen LogP contribution >= 0.6 is 0 Å². The van der Waals surface area contributed by atoms with Crippen molar-refractivity contribution in [3.05, 3.63) is 12.4 Å². The van der Waals surface area contributed by atoms with Crippen molar-refractivity contribution in [2.24, 2.45) is 18.4 Å². The van der Waals surface area contributed by atoms with Gasteiger partial charge in [-0.1, -0.05) is 0 Å². The van der Waals surface area contributed by atoms with E-state index in [0.717, 1.165) is 38.0 Å². The predicted octanol–water partition coefficient (Wildman–Crippen LogP) is 0.773. The van der Waals surface area contributed by atoms with Crippen LogP contribution in [0.25, 0.3) is 0 Å². The molecule has 1 unspecified atom stereocenters. The fourth-order valence-corrected chi connectivity index (χ4v) is 3.12. The first-order chi connectivity index (χ1) is 8.62. The number of anilines is 1. The number of carbonyl (C=O) groups is 1. The Morgan fingerprint density at radius 2 is 2.28 bits per heavy atom. The molecule has 1 saturated heterocycles. The van der Waals surface area contributed by atoms with E-state index in [0.29, 0.717) is 5.41 Å². The van der Waals surface area contributed by atoms with E-state index in [1.54, 1.807) is 15.8 Å². The molecule has 0 bridgehead atoms. The van der Waals surface area contributed by atoms with Gasteiger partial charge in [-0.25, -0.2) is 0 Å². The van der Waals surface area contributed by atoms with Gasteiger partial charge in [-0.3, -0.25) is 9.48 Å². The highest BCUT2D eigenvalue weighted by Crippen LogP contribution is 2.59. The van der Waals surface area contributed by atoms with Crippen LogP contribution in [0.5, 0.6) is 0 Å². The lowest BCUT2D eigenvalue weighted by molar-refractivity contribution is -0.120. The smallest absolute Gasteiger partial charge is 0.230 e. The van der Waals surface area contributed by atoms with Crippen molar-refractivity contribution in [3.63, 3.8) is 0 Å². The lowest BCUT2D eigenvalue weighted by atomic mass is 9.91. The average Bonchev–Trinajstić information content (AvgIpc) is 2.87. The van der Waals surface area contributed by atoms with Crippen LogP contribution < -0.4 is 10.2 Å². The quantitative estimate of drug-likeness (QED) is 0.841. The summed E-state index contributed by atoms with van der Waals surface area (Å²) in [6.45, 7) is 2.11. The maximum atomic E-state index is 12.5. The van der Waals surface area contributed by atoms with E-state index in [1.807, 2.05) is 20.3 Å². The van der Waals surface area contributed by atoms with Crippen LogP contribution in [0, 0.1) is 11.3 Å². The van der Waals surface area contributed by atoms with Crippen molar-refractivity contribution < 1.29 is 4.79 Å². The summed E-state index contributed by atoms with van der Waals surface area (Å²) < 4.78 is 1.73. The summed E-state index contributed by atoms with van der Waals surface area (Å²) in [6.07, 6.45) is 6.98. The second-order valence-electron chi connectivity index (χ2n) is 5.64. The van der Waals surface area contributed by atoms with E-state index >= 15 is 0 Å². The van der Waals surface area contributed by atoms with Crippen molar-refractivity contribution in [1.82, 2.24) is 15.1 Å². The zero-order valence-corrected chi connectivity index (χ0v) is 11.0. The van der Waals surface area contributed by atoms with E-state index in [-0.39, 0.29) is 11.8 Å². The van der Waals surface area contributed by atoms with E-state index in [9.17, 15) is 4.79 Å². The van der Waals surface area contributed by atoms with Crippen molar-refractivity contribution >= 4 is 11.6 Å². The minimum absolute atomic E-state index is 0.227. The molecule has 2 fully saturated rings. The van der Waals surface area contributed by atoms with E-state index in [4.69, 9.17) is 0 Å². The highest BCUT2D eigenvalue weighted by Gasteiger charge is 2.58. The highest BCUT2D eigenvalue weighted by atomic mass is 16.2. The molecular formula is C13H20N4O. The third-order valence-corrected chi connectivity index (χ3v) is 4.50. The van der Waals surface area contributed by atoms with Gasteiger partial charge in [0.25, 0.3) is 0 Å². The first kappa shape index (κ1) is 11.7. The lowest BCUT2D eigenvalue weighted by Crippen LogP contribution is -2.34. The largest absolute Gasteiger partial charge is 0.317 e. The van der Waals surface area contributed by atoms with Crippen molar-refractivity contribution in [2.75, 3.05) is 25.0 Å². The molecule has 1 N–H and O–H groups in total. The average molecular weight is 248 g/mol. The Hall–Kier alpha value is -1.36. The molecule has 1 aliphatic heterocycles. The number of amides is 1. The molecule has 2 heterocycles. The summed E-state index contributed by atoms with van der Waals surface area (Å²) in [7, 11) is 3.72. The molecule has 5 heteroatoms. The van der Waals surface area contributed by atoms with E-state index in [1.165, 1.54) is 0 Å². The Labute approximate surface area is 107 Å².